The number of methoxy groups -OCH3 is 2. The summed E-state index contributed by atoms with van der Waals surface area (Å²) >= 11 is 7.24. The van der Waals surface area contributed by atoms with Crippen molar-refractivity contribution >= 4 is 45.9 Å². The lowest BCUT2D eigenvalue weighted by Gasteiger charge is -2.09. The van der Waals surface area contributed by atoms with Crippen LogP contribution in [0.4, 0.5) is 5.69 Å². The molecule has 0 aliphatic carbocycles. The van der Waals surface area contributed by atoms with Crippen LogP contribution in [0.5, 0.6) is 11.5 Å². The van der Waals surface area contributed by atoms with Gasteiger partial charge in [-0.3, -0.25) is 9.59 Å². The Kier molecular flexibility index (Phi) is 6.43. The van der Waals surface area contributed by atoms with Crippen molar-refractivity contribution in [2.75, 3.05) is 25.3 Å². The first-order valence-electron chi connectivity index (χ1n) is 8.28. The lowest BCUT2D eigenvalue weighted by molar-refractivity contribution is -0.113. The number of fused-ring (bicyclic) bond motifs is 1. The largest absolute Gasteiger partial charge is 0.493 e. The zero-order chi connectivity index (χ0) is 20.1. The van der Waals surface area contributed by atoms with E-state index in [4.69, 9.17) is 21.1 Å². The zero-order valence-electron chi connectivity index (χ0n) is 15.2. The summed E-state index contributed by atoms with van der Waals surface area (Å²) in [5, 5.41) is 3.73. The highest BCUT2D eigenvalue weighted by Crippen LogP contribution is 2.30. The van der Waals surface area contributed by atoms with Gasteiger partial charge < -0.3 is 19.8 Å². The molecule has 2 N–H and O–H groups in total. The number of aromatic nitrogens is 2. The molecule has 2 aromatic carbocycles. The van der Waals surface area contributed by atoms with Crippen molar-refractivity contribution in [3.63, 3.8) is 0 Å². The van der Waals surface area contributed by atoms with Gasteiger partial charge in [-0.25, -0.2) is 4.98 Å². The van der Waals surface area contributed by atoms with E-state index in [1.54, 1.807) is 36.4 Å². The smallest absolute Gasteiger partial charge is 0.258 e. The van der Waals surface area contributed by atoms with Gasteiger partial charge in [0.05, 0.1) is 36.6 Å². The van der Waals surface area contributed by atoms with E-state index in [2.05, 4.69) is 15.3 Å². The Bertz CT molecular complexity index is 1070. The molecule has 0 spiro atoms. The maximum Gasteiger partial charge on any atom is 0.258 e. The minimum absolute atomic E-state index is 0.165. The van der Waals surface area contributed by atoms with Crippen LogP contribution in [0.25, 0.3) is 10.9 Å². The molecule has 0 radical (unpaired) electrons. The second-order valence-corrected chi connectivity index (χ2v) is 7.21. The summed E-state index contributed by atoms with van der Waals surface area (Å²) in [5.74, 6) is 1.85. The van der Waals surface area contributed by atoms with Gasteiger partial charge in [0.25, 0.3) is 5.56 Å². The quantitative estimate of drug-likeness (QED) is 0.609. The molecule has 0 atom stereocenters. The molecule has 9 heteroatoms. The first kappa shape index (κ1) is 20.0. The number of benzene rings is 2. The number of carbonyl (C=O) groups is 1. The summed E-state index contributed by atoms with van der Waals surface area (Å²) in [4.78, 5) is 31.6. The molecule has 0 aliphatic rings. The van der Waals surface area contributed by atoms with Crippen LogP contribution in [0.3, 0.4) is 0 Å². The van der Waals surface area contributed by atoms with Crippen molar-refractivity contribution in [1.29, 1.82) is 0 Å². The van der Waals surface area contributed by atoms with Gasteiger partial charge in [0, 0.05) is 16.8 Å². The molecule has 1 heterocycles. The SMILES string of the molecule is COc1cc2nc(CSCC(=O)Nc3cccc(Cl)c3)[nH]c(=O)c2cc1OC. The molecule has 146 valence electrons. The van der Waals surface area contributed by atoms with Crippen molar-refractivity contribution < 1.29 is 14.3 Å². The van der Waals surface area contributed by atoms with Crippen molar-refractivity contribution in [3.05, 3.63) is 57.6 Å². The van der Waals surface area contributed by atoms with E-state index in [-0.39, 0.29) is 17.2 Å². The third-order valence-corrected chi connectivity index (χ3v) is 5.02. The van der Waals surface area contributed by atoms with Gasteiger partial charge in [-0.15, -0.1) is 11.8 Å². The van der Waals surface area contributed by atoms with Gasteiger partial charge in [-0.05, 0) is 24.3 Å². The normalized spacial score (nSPS) is 10.7. The van der Waals surface area contributed by atoms with Crippen LogP contribution in [0.2, 0.25) is 5.02 Å². The Labute approximate surface area is 170 Å². The number of hydrogen-bond acceptors (Lipinski definition) is 6. The third-order valence-electron chi connectivity index (χ3n) is 3.84. The standard InChI is InChI=1S/C19H18ClN3O4S/c1-26-15-7-13-14(8-16(15)27-2)22-17(23-19(13)25)9-28-10-18(24)21-12-5-3-4-11(20)6-12/h3-8H,9-10H2,1-2H3,(H,21,24)(H,22,23,25). The van der Waals surface area contributed by atoms with Crippen LogP contribution >= 0.6 is 23.4 Å². The van der Waals surface area contributed by atoms with Gasteiger partial charge in [-0.1, -0.05) is 17.7 Å². The molecule has 0 aliphatic heterocycles. The van der Waals surface area contributed by atoms with E-state index in [1.807, 2.05) is 0 Å². The summed E-state index contributed by atoms with van der Waals surface area (Å²) < 4.78 is 10.5. The van der Waals surface area contributed by atoms with Crippen LogP contribution in [-0.2, 0) is 10.5 Å². The molecule has 0 saturated heterocycles. The maximum atomic E-state index is 12.3. The number of H-pyrrole nitrogens is 1. The Balaban J connectivity index is 1.67. The molecule has 3 aromatic rings. The number of rotatable bonds is 7. The van der Waals surface area contributed by atoms with Crippen LogP contribution < -0.4 is 20.3 Å². The minimum Gasteiger partial charge on any atom is -0.493 e. The molecule has 0 unspecified atom stereocenters. The number of nitrogens with zero attached hydrogens (tertiary/aromatic N) is 1. The first-order chi connectivity index (χ1) is 13.5. The van der Waals surface area contributed by atoms with Crippen molar-refractivity contribution in [2.45, 2.75) is 5.75 Å². The lowest BCUT2D eigenvalue weighted by Crippen LogP contribution is -2.15. The van der Waals surface area contributed by atoms with E-state index in [0.29, 0.717) is 44.7 Å². The molecular weight excluding hydrogens is 402 g/mol. The predicted molar refractivity (Wildman–Crippen MR) is 112 cm³/mol. The van der Waals surface area contributed by atoms with Crippen LogP contribution in [0.1, 0.15) is 5.82 Å². The zero-order valence-corrected chi connectivity index (χ0v) is 16.8. The molecule has 1 amide bonds. The number of ether oxygens (including phenoxy) is 2. The fraction of sp³-hybridized carbons (Fsp3) is 0.211. The highest BCUT2D eigenvalue weighted by atomic mass is 35.5. The number of anilines is 1. The van der Waals surface area contributed by atoms with Gasteiger partial charge in [-0.2, -0.15) is 0 Å². The lowest BCUT2D eigenvalue weighted by atomic mass is 10.2. The monoisotopic (exact) mass is 419 g/mol. The predicted octanol–water partition coefficient (Wildman–Crippen LogP) is 3.47. The van der Waals surface area contributed by atoms with Crippen LogP contribution in [0.15, 0.2) is 41.2 Å². The van der Waals surface area contributed by atoms with Crippen molar-refractivity contribution in [3.8, 4) is 11.5 Å². The fourth-order valence-corrected chi connectivity index (χ4v) is 3.47. The Morgan fingerprint density at radius 3 is 2.68 bits per heavy atom. The van der Waals surface area contributed by atoms with Crippen LogP contribution in [0, 0.1) is 0 Å². The number of aromatic amines is 1. The number of hydrogen-bond donors (Lipinski definition) is 2. The number of carbonyl (C=O) groups excluding carboxylic acids is 1. The third kappa shape index (κ3) is 4.76. The Hall–Kier alpha value is -2.71. The highest BCUT2D eigenvalue weighted by Gasteiger charge is 2.11. The topological polar surface area (TPSA) is 93.3 Å². The Morgan fingerprint density at radius 1 is 1.21 bits per heavy atom. The molecule has 0 fully saturated rings. The Morgan fingerprint density at radius 2 is 1.96 bits per heavy atom. The van der Waals surface area contributed by atoms with Gasteiger partial charge >= 0.3 is 0 Å². The van der Waals surface area contributed by atoms with E-state index in [0.717, 1.165) is 0 Å². The summed E-state index contributed by atoms with van der Waals surface area (Å²) in [7, 11) is 3.02. The number of thioether (sulfide) groups is 1. The molecule has 0 saturated carbocycles. The van der Waals surface area contributed by atoms with Gasteiger partial charge in [0.2, 0.25) is 5.91 Å². The number of halogens is 1. The summed E-state index contributed by atoms with van der Waals surface area (Å²) in [6.45, 7) is 0. The fourth-order valence-electron chi connectivity index (χ4n) is 2.59. The molecule has 7 nitrogen and oxygen atoms in total. The van der Waals surface area contributed by atoms with Crippen LogP contribution in [-0.4, -0.2) is 35.8 Å². The van der Waals surface area contributed by atoms with Gasteiger partial charge in [0.1, 0.15) is 5.82 Å². The minimum atomic E-state index is -0.273. The van der Waals surface area contributed by atoms with E-state index in [9.17, 15) is 9.59 Å². The van der Waals surface area contributed by atoms with Crippen molar-refractivity contribution in [2.24, 2.45) is 0 Å². The van der Waals surface area contributed by atoms with E-state index in [1.165, 1.54) is 26.0 Å². The molecule has 28 heavy (non-hydrogen) atoms. The average molecular weight is 420 g/mol. The average Bonchev–Trinajstić information content (AvgIpc) is 2.67. The van der Waals surface area contributed by atoms with E-state index < -0.39 is 0 Å². The summed E-state index contributed by atoms with van der Waals surface area (Å²) in [6.07, 6.45) is 0. The second kappa shape index (κ2) is 8.99. The first-order valence-corrected chi connectivity index (χ1v) is 9.81. The second-order valence-electron chi connectivity index (χ2n) is 5.79. The summed E-state index contributed by atoms with van der Waals surface area (Å²) in [6, 6.07) is 10.2. The molecule has 1 aromatic heterocycles. The highest BCUT2D eigenvalue weighted by molar-refractivity contribution is 7.99. The molecule has 3 rings (SSSR count). The molecular formula is C19H18ClN3O4S. The van der Waals surface area contributed by atoms with Crippen molar-refractivity contribution in [1.82, 2.24) is 9.97 Å². The van der Waals surface area contributed by atoms with Gasteiger partial charge in [0.15, 0.2) is 11.5 Å². The summed E-state index contributed by atoms with van der Waals surface area (Å²) in [5.41, 5.74) is 0.863. The number of amides is 1. The maximum absolute atomic E-state index is 12.3. The molecule has 0 bridgehead atoms. The van der Waals surface area contributed by atoms with E-state index >= 15 is 0 Å². The number of nitrogens with one attached hydrogen (secondary N) is 2.